The number of nitrogens with one attached hydrogen (secondary N) is 3. The average Bonchev–Trinajstić information content (AvgIpc) is 3.94. The number of ether oxygens (including phenoxy) is 2. The third kappa shape index (κ3) is 13.6. The first-order chi connectivity index (χ1) is 27.2. The van der Waals surface area contributed by atoms with Crippen LogP contribution in [0, 0.1) is 17.8 Å². The maximum atomic E-state index is 13.6. The van der Waals surface area contributed by atoms with Crippen molar-refractivity contribution >= 4 is 35.2 Å². The van der Waals surface area contributed by atoms with E-state index in [1.807, 2.05) is 76.6 Å². The topological polar surface area (TPSA) is 185 Å². The lowest BCUT2D eigenvalue weighted by atomic mass is 9.86. The number of unbranched alkanes of at least 4 members (excludes halogenated alkanes) is 4. The van der Waals surface area contributed by atoms with E-state index in [4.69, 9.17) is 21.0 Å². The molecule has 0 bridgehead atoms. The number of rotatable bonds is 24. The molecule has 2 aliphatic heterocycles. The zero-order valence-electron chi connectivity index (χ0n) is 33.8. The van der Waals surface area contributed by atoms with Gasteiger partial charge in [-0.15, -0.1) is 6.42 Å². The molecule has 1 saturated heterocycles. The minimum atomic E-state index is -1.62. The Morgan fingerprint density at radius 3 is 2.07 bits per heavy atom. The van der Waals surface area contributed by atoms with E-state index in [0.29, 0.717) is 56.0 Å². The number of amides is 3. The first kappa shape index (κ1) is 44.7. The van der Waals surface area contributed by atoms with Crippen molar-refractivity contribution in [2.75, 3.05) is 52.8 Å². The number of Topliss-reactive ketones (excluding diaryl/α,β-unsaturated/α-hetero) is 1. The van der Waals surface area contributed by atoms with Crippen LogP contribution in [0.5, 0.6) is 0 Å². The number of ketones is 1. The minimum absolute atomic E-state index is 0.0399. The minimum Gasteiger partial charge on any atom is -0.481 e. The lowest BCUT2D eigenvalue weighted by molar-refractivity contribution is -0.886. The molecule has 0 aliphatic carbocycles. The molecule has 4 N–H and O–H groups in total. The summed E-state index contributed by atoms with van der Waals surface area (Å²) < 4.78 is 12.4. The molecule has 308 valence electrons. The molecule has 2 heterocycles. The maximum Gasteiger partial charge on any atom is 0.303 e. The number of quaternary nitrogens is 1. The second kappa shape index (κ2) is 21.0. The van der Waals surface area contributed by atoms with Gasteiger partial charge in [0.25, 0.3) is 0 Å². The Kier molecular flexibility index (Phi) is 16.5. The first-order valence-corrected chi connectivity index (χ1v) is 19.9. The number of carboxylic acid groups (broad SMARTS) is 1. The molecule has 0 radical (unpaired) electrons. The van der Waals surface area contributed by atoms with E-state index in [2.05, 4.69) is 32.1 Å². The zero-order chi connectivity index (χ0) is 41.5. The second-order valence-corrected chi connectivity index (χ2v) is 16.0. The Morgan fingerprint density at radius 1 is 0.842 bits per heavy atom. The molecule has 0 spiro atoms. The number of likely N-dealkylation sites (N-methyl/N-ethyl adjacent to an activating group) is 1. The van der Waals surface area contributed by atoms with Crippen molar-refractivity contribution in [1.82, 2.24) is 10.6 Å². The maximum absolute atomic E-state index is 13.6. The van der Waals surface area contributed by atoms with Crippen LogP contribution in [0.3, 0.4) is 0 Å². The van der Waals surface area contributed by atoms with Crippen LogP contribution >= 0.6 is 0 Å². The van der Waals surface area contributed by atoms with Crippen molar-refractivity contribution in [2.45, 2.75) is 102 Å². The van der Waals surface area contributed by atoms with Gasteiger partial charge in [0, 0.05) is 49.0 Å². The summed E-state index contributed by atoms with van der Waals surface area (Å²) in [6, 6.07) is 15.0. The summed E-state index contributed by atoms with van der Waals surface area (Å²) in [7, 11) is 6.04. The summed E-state index contributed by atoms with van der Waals surface area (Å²) in [5.41, 5.74) is 1.37. The second-order valence-electron chi connectivity index (χ2n) is 16.0. The van der Waals surface area contributed by atoms with Crippen molar-refractivity contribution in [2.24, 2.45) is 15.6 Å². The van der Waals surface area contributed by atoms with Gasteiger partial charge in [-0.25, -0.2) is 0 Å². The highest BCUT2D eigenvalue weighted by Gasteiger charge is 2.50. The third-order valence-corrected chi connectivity index (χ3v) is 10.5. The van der Waals surface area contributed by atoms with Gasteiger partial charge in [0.1, 0.15) is 6.04 Å². The van der Waals surface area contributed by atoms with Crippen LogP contribution < -0.4 is 16.0 Å². The number of carbonyl (C=O) groups is 5. The molecule has 14 heteroatoms. The predicted molar refractivity (Wildman–Crippen MR) is 215 cm³/mol. The fourth-order valence-corrected chi connectivity index (χ4v) is 6.87. The molecule has 1 atom stereocenters. The van der Waals surface area contributed by atoms with Gasteiger partial charge in [-0.05, 0) is 63.1 Å². The van der Waals surface area contributed by atoms with Gasteiger partial charge < -0.3 is 35.0 Å². The average molecular weight is 788 g/mol. The summed E-state index contributed by atoms with van der Waals surface area (Å²) in [5, 5.41) is 25.3. The molecule has 3 amide bonds. The number of carbonyl (C=O) groups excluding carboxylic acids is 4. The highest BCUT2D eigenvalue weighted by Crippen LogP contribution is 2.40. The van der Waals surface area contributed by atoms with E-state index in [1.165, 1.54) is 0 Å². The Bertz CT molecular complexity index is 1750. The van der Waals surface area contributed by atoms with Crippen molar-refractivity contribution in [3.63, 3.8) is 0 Å². The highest BCUT2D eigenvalue weighted by atomic mass is 16.7. The van der Waals surface area contributed by atoms with E-state index >= 15 is 0 Å². The molecule has 0 unspecified atom stereocenters. The van der Waals surface area contributed by atoms with Crippen molar-refractivity contribution in [3.8, 4) is 12.3 Å². The molecular weight excluding hydrogens is 729 g/mol. The van der Waals surface area contributed by atoms with Crippen LogP contribution in [-0.2, 0) is 45.5 Å². The third-order valence-electron chi connectivity index (χ3n) is 10.5. The van der Waals surface area contributed by atoms with E-state index in [-0.39, 0.29) is 43.9 Å². The quantitative estimate of drug-likeness (QED) is 0.0470. The molecule has 1 fully saturated rings. The van der Waals surface area contributed by atoms with Gasteiger partial charge in [-0.1, -0.05) is 55.2 Å². The summed E-state index contributed by atoms with van der Waals surface area (Å²) >= 11 is 0. The Hall–Kier alpha value is -4.97. The van der Waals surface area contributed by atoms with Crippen LogP contribution in [0.15, 0.2) is 58.8 Å². The molecule has 2 aromatic carbocycles. The van der Waals surface area contributed by atoms with Crippen molar-refractivity contribution in [3.05, 3.63) is 65.2 Å². The number of hydrogen-bond donors (Lipinski definition) is 4. The standard InChI is InChI=1S/C43H58N6O8/c1-6-27-44-40(54)43(29-56-39(57-30-43)32-21-23-33(24-22-32)42(2)47-48-42)41(55)45-28-12-11-15-35(49(3,4)5)36(50)16-13-14-31-19-25-34(26-20-31)46-37(51)17-9-7-8-10-18-38(52)53/h1,19-26,35,39H,7-18,27-30H2,2-5H3,(H3-,44,45,46,51,52,53,54,55)/p+1/t35-,39?,43?/m0/s1. The smallest absolute Gasteiger partial charge is 0.303 e. The molecule has 0 aromatic heterocycles. The summed E-state index contributed by atoms with van der Waals surface area (Å²) in [5.74, 6) is 0.628. The molecule has 14 nitrogen and oxygen atoms in total. The predicted octanol–water partition coefficient (Wildman–Crippen LogP) is 5.42. The molecule has 57 heavy (non-hydrogen) atoms. The molecule has 4 rings (SSSR count). The van der Waals surface area contributed by atoms with Crippen LogP contribution in [0.4, 0.5) is 5.69 Å². The Labute approximate surface area is 336 Å². The first-order valence-electron chi connectivity index (χ1n) is 19.9. The molecule has 2 aliphatic rings. The number of benzene rings is 2. The van der Waals surface area contributed by atoms with Gasteiger partial charge in [0.05, 0.1) is 40.9 Å². The Balaban J connectivity index is 1.18. The van der Waals surface area contributed by atoms with Gasteiger partial charge in [-0.2, -0.15) is 10.2 Å². The number of hydrogen-bond acceptors (Lipinski definition) is 9. The van der Waals surface area contributed by atoms with E-state index in [0.717, 1.165) is 48.1 Å². The molecule has 2 aromatic rings. The fourth-order valence-electron chi connectivity index (χ4n) is 6.87. The van der Waals surface area contributed by atoms with Crippen LogP contribution in [-0.4, -0.2) is 92.6 Å². The van der Waals surface area contributed by atoms with E-state index < -0.39 is 35.2 Å². The van der Waals surface area contributed by atoms with Crippen LogP contribution in [0.25, 0.3) is 0 Å². The number of nitrogens with zero attached hydrogens (tertiary/aromatic N) is 3. The fraction of sp³-hybridized carbons (Fsp3) is 0.558. The van der Waals surface area contributed by atoms with E-state index in [1.54, 1.807) is 0 Å². The van der Waals surface area contributed by atoms with Gasteiger partial charge in [-0.3, -0.25) is 24.0 Å². The SMILES string of the molecule is C#CCNC(=O)C1(C(=O)NCCCC[C@@H](C(=O)CCCc2ccc(NC(=O)CCCCCCC(=O)O)cc2)[N+](C)(C)C)COC(c2ccc(C3(C)N=N3)cc2)OC1. The van der Waals surface area contributed by atoms with Crippen LogP contribution in [0.1, 0.15) is 101 Å². The van der Waals surface area contributed by atoms with E-state index in [9.17, 15) is 24.0 Å². The summed E-state index contributed by atoms with van der Waals surface area (Å²) in [6.07, 6.45) is 12.0. The highest BCUT2D eigenvalue weighted by molar-refractivity contribution is 6.05. The number of aliphatic carboxylic acids is 1. The van der Waals surface area contributed by atoms with Crippen molar-refractivity contribution in [1.29, 1.82) is 0 Å². The number of terminal acetylenes is 1. The number of anilines is 1. The lowest BCUT2D eigenvalue weighted by Crippen LogP contribution is -2.59. The van der Waals surface area contributed by atoms with Gasteiger partial charge >= 0.3 is 5.97 Å². The lowest BCUT2D eigenvalue weighted by Gasteiger charge is -2.37. The molecular formula is C43H59N6O8+. The largest absolute Gasteiger partial charge is 0.481 e. The number of aryl methyl sites for hydroxylation is 1. The summed E-state index contributed by atoms with van der Waals surface area (Å²) in [6.45, 7) is 1.80. The Morgan fingerprint density at radius 2 is 1.47 bits per heavy atom. The normalized spacial score (nSPS) is 18.8. The zero-order valence-corrected chi connectivity index (χ0v) is 33.8. The van der Waals surface area contributed by atoms with Crippen molar-refractivity contribution < 1.29 is 43.0 Å². The van der Waals surface area contributed by atoms with Crippen LogP contribution in [0.2, 0.25) is 0 Å². The van der Waals surface area contributed by atoms with Gasteiger partial charge in [0.15, 0.2) is 17.5 Å². The molecule has 0 saturated carbocycles. The van der Waals surface area contributed by atoms with Gasteiger partial charge in [0.2, 0.25) is 23.4 Å². The summed E-state index contributed by atoms with van der Waals surface area (Å²) in [4.78, 5) is 63.2. The monoisotopic (exact) mass is 787 g/mol. The number of carboxylic acids is 1.